The minimum Gasteiger partial charge on any atom is -0.351 e. The van der Waals surface area contributed by atoms with Crippen molar-refractivity contribution in [2.75, 3.05) is 19.6 Å². The van der Waals surface area contributed by atoms with Gasteiger partial charge in [0, 0.05) is 25.6 Å². The minimum atomic E-state index is 0.0702. The van der Waals surface area contributed by atoms with E-state index in [9.17, 15) is 9.59 Å². The van der Waals surface area contributed by atoms with Gasteiger partial charge in [0.05, 0.1) is 6.54 Å². The Balaban J connectivity index is 2.45. The first kappa shape index (κ1) is 11.2. The van der Waals surface area contributed by atoms with Gasteiger partial charge in [0.25, 0.3) is 0 Å². The molecule has 0 radical (unpaired) electrons. The van der Waals surface area contributed by atoms with E-state index in [0.29, 0.717) is 25.4 Å². The fraction of sp³-hybridized carbons (Fsp3) is 0.800. The van der Waals surface area contributed by atoms with Crippen molar-refractivity contribution in [1.82, 2.24) is 10.2 Å². The Labute approximate surface area is 84.7 Å². The molecule has 0 aliphatic carbocycles. The average Bonchev–Trinajstić information content (AvgIpc) is 2.14. The van der Waals surface area contributed by atoms with Crippen LogP contribution in [0, 0.1) is 5.92 Å². The number of carbonyl (C=O) groups is 2. The van der Waals surface area contributed by atoms with Crippen LogP contribution in [-0.2, 0) is 9.59 Å². The van der Waals surface area contributed by atoms with Crippen molar-refractivity contribution in [2.45, 2.75) is 26.3 Å². The molecular formula is C10H18N2O2. The van der Waals surface area contributed by atoms with Crippen molar-refractivity contribution in [1.29, 1.82) is 0 Å². The minimum absolute atomic E-state index is 0.0702. The number of carbonyl (C=O) groups excluding carboxylic acids is 2. The van der Waals surface area contributed by atoms with Gasteiger partial charge in [0.1, 0.15) is 6.29 Å². The highest BCUT2D eigenvalue weighted by atomic mass is 16.2. The van der Waals surface area contributed by atoms with E-state index in [1.54, 1.807) is 0 Å². The number of amides is 1. The molecule has 1 N–H and O–H groups in total. The van der Waals surface area contributed by atoms with Crippen LogP contribution in [0.5, 0.6) is 0 Å². The van der Waals surface area contributed by atoms with Crippen LogP contribution in [0.25, 0.3) is 0 Å². The molecule has 0 aromatic heterocycles. The Morgan fingerprint density at radius 3 is 2.93 bits per heavy atom. The fourth-order valence-electron chi connectivity index (χ4n) is 1.63. The largest absolute Gasteiger partial charge is 0.351 e. The molecule has 14 heavy (non-hydrogen) atoms. The molecule has 0 spiro atoms. The van der Waals surface area contributed by atoms with Gasteiger partial charge in [-0.1, -0.05) is 13.8 Å². The van der Waals surface area contributed by atoms with Crippen LogP contribution in [0.3, 0.4) is 0 Å². The lowest BCUT2D eigenvalue weighted by Crippen LogP contribution is -2.56. The van der Waals surface area contributed by atoms with Crippen LogP contribution in [0.4, 0.5) is 0 Å². The maximum absolute atomic E-state index is 11.3. The first-order valence-corrected chi connectivity index (χ1v) is 5.09. The van der Waals surface area contributed by atoms with Crippen LogP contribution in [-0.4, -0.2) is 42.8 Å². The lowest BCUT2D eigenvalue weighted by atomic mass is 10.0. The maximum atomic E-state index is 11.3. The summed E-state index contributed by atoms with van der Waals surface area (Å²) in [6, 6.07) is 0.225. The van der Waals surface area contributed by atoms with Gasteiger partial charge < -0.3 is 10.1 Å². The number of aldehydes is 1. The Morgan fingerprint density at radius 2 is 2.36 bits per heavy atom. The first-order chi connectivity index (χ1) is 6.63. The Hall–Kier alpha value is -0.900. The van der Waals surface area contributed by atoms with Crippen LogP contribution in [0.1, 0.15) is 20.3 Å². The van der Waals surface area contributed by atoms with Crippen molar-refractivity contribution in [2.24, 2.45) is 5.92 Å². The molecule has 1 heterocycles. The summed E-state index contributed by atoms with van der Waals surface area (Å²) >= 11 is 0. The van der Waals surface area contributed by atoms with E-state index in [2.05, 4.69) is 19.2 Å². The third-order valence-corrected chi connectivity index (χ3v) is 2.54. The molecule has 1 aliphatic rings. The SMILES string of the molecule is CC(C)C1CN(CCC=O)CC(=O)N1. The molecule has 1 atom stereocenters. The van der Waals surface area contributed by atoms with E-state index >= 15 is 0 Å². The summed E-state index contributed by atoms with van der Waals surface area (Å²) in [4.78, 5) is 23.6. The summed E-state index contributed by atoms with van der Waals surface area (Å²) in [6.45, 7) is 6.16. The molecule has 4 heteroatoms. The highest BCUT2D eigenvalue weighted by molar-refractivity contribution is 5.79. The predicted octanol–water partition coefficient (Wildman–Crippen LogP) is 0.0318. The molecule has 1 amide bonds. The number of hydrogen-bond donors (Lipinski definition) is 1. The van der Waals surface area contributed by atoms with Crippen molar-refractivity contribution >= 4 is 12.2 Å². The van der Waals surface area contributed by atoms with Crippen LogP contribution in [0.2, 0.25) is 0 Å². The van der Waals surface area contributed by atoms with Gasteiger partial charge in [0.15, 0.2) is 0 Å². The molecular weight excluding hydrogens is 180 g/mol. The zero-order valence-corrected chi connectivity index (χ0v) is 8.82. The van der Waals surface area contributed by atoms with Gasteiger partial charge in [-0.3, -0.25) is 9.69 Å². The molecule has 1 unspecified atom stereocenters. The molecule has 4 nitrogen and oxygen atoms in total. The predicted molar refractivity (Wildman–Crippen MR) is 53.9 cm³/mol. The smallest absolute Gasteiger partial charge is 0.234 e. The second-order valence-electron chi connectivity index (χ2n) is 4.11. The van der Waals surface area contributed by atoms with Gasteiger partial charge in [-0.15, -0.1) is 0 Å². The molecule has 1 aliphatic heterocycles. The van der Waals surface area contributed by atoms with Crippen LogP contribution < -0.4 is 5.32 Å². The van der Waals surface area contributed by atoms with Crippen molar-refractivity contribution in [3.8, 4) is 0 Å². The monoisotopic (exact) mass is 198 g/mol. The van der Waals surface area contributed by atoms with Gasteiger partial charge in [-0.2, -0.15) is 0 Å². The Kier molecular flexibility index (Phi) is 4.07. The third-order valence-electron chi connectivity index (χ3n) is 2.54. The quantitative estimate of drug-likeness (QED) is 0.648. The number of hydrogen-bond acceptors (Lipinski definition) is 3. The second kappa shape index (κ2) is 5.10. The van der Waals surface area contributed by atoms with E-state index in [4.69, 9.17) is 0 Å². The standard InChI is InChI=1S/C10H18N2O2/c1-8(2)9-6-12(4-3-5-13)7-10(14)11-9/h5,8-9H,3-4,6-7H2,1-2H3,(H,11,14). The van der Waals surface area contributed by atoms with Gasteiger partial charge in [-0.25, -0.2) is 0 Å². The van der Waals surface area contributed by atoms with E-state index in [1.807, 2.05) is 4.90 Å². The molecule has 0 saturated carbocycles. The summed E-state index contributed by atoms with van der Waals surface area (Å²) < 4.78 is 0. The van der Waals surface area contributed by atoms with Crippen molar-refractivity contribution in [3.05, 3.63) is 0 Å². The van der Waals surface area contributed by atoms with Crippen LogP contribution >= 0.6 is 0 Å². The fourth-order valence-corrected chi connectivity index (χ4v) is 1.63. The summed E-state index contributed by atoms with van der Waals surface area (Å²) in [6.07, 6.45) is 1.41. The van der Waals surface area contributed by atoms with E-state index in [0.717, 1.165) is 12.8 Å². The number of rotatable bonds is 4. The normalized spacial score (nSPS) is 23.6. The van der Waals surface area contributed by atoms with Crippen molar-refractivity contribution < 1.29 is 9.59 Å². The summed E-state index contributed by atoms with van der Waals surface area (Å²) in [5, 5.41) is 2.95. The molecule has 0 aromatic rings. The average molecular weight is 198 g/mol. The molecule has 0 aromatic carbocycles. The number of piperazine rings is 1. The highest BCUT2D eigenvalue weighted by Gasteiger charge is 2.25. The van der Waals surface area contributed by atoms with E-state index < -0.39 is 0 Å². The Bertz CT molecular complexity index is 216. The zero-order valence-electron chi connectivity index (χ0n) is 8.82. The molecule has 1 rings (SSSR count). The second-order valence-corrected chi connectivity index (χ2v) is 4.11. The molecule has 0 bridgehead atoms. The van der Waals surface area contributed by atoms with Gasteiger partial charge >= 0.3 is 0 Å². The molecule has 80 valence electrons. The summed E-state index contributed by atoms with van der Waals surface area (Å²) in [7, 11) is 0. The first-order valence-electron chi connectivity index (χ1n) is 5.09. The highest BCUT2D eigenvalue weighted by Crippen LogP contribution is 2.08. The van der Waals surface area contributed by atoms with E-state index in [1.165, 1.54) is 0 Å². The van der Waals surface area contributed by atoms with Gasteiger partial charge in [0.2, 0.25) is 5.91 Å². The van der Waals surface area contributed by atoms with Crippen LogP contribution in [0.15, 0.2) is 0 Å². The summed E-state index contributed by atoms with van der Waals surface area (Å²) in [5.74, 6) is 0.513. The van der Waals surface area contributed by atoms with E-state index in [-0.39, 0.29) is 11.9 Å². The van der Waals surface area contributed by atoms with Gasteiger partial charge in [-0.05, 0) is 5.92 Å². The molecule has 1 saturated heterocycles. The number of nitrogens with one attached hydrogen (secondary N) is 1. The zero-order chi connectivity index (χ0) is 10.6. The topological polar surface area (TPSA) is 49.4 Å². The number of nitrogens with zero attached hydrogens (tertiary/aromatic N) is 1. The lowest BCUT2D eigenvalue weighted by molar-refractivity contribution is -0.126. The maximum Gasteiger partial charge on any atom is 0.234 e. The summed E-state index contributed by atoms with van der Waals surface area (Å²) in [5.41, 5.74) is 0. The Morgan fingerprint density at radius 1 is 1.64 bits per heavy atom. The molecule has 1 fully saturated rings. The lowest BCUT2D eigenvalue weighted by Gasteiger charge is -2.34. The third kappa shape index (κ3) is 3.10. The van der Waals surface area contributed by atoms with Crippen molar-refractivity contribution in [3.63, 3.8) is 0 Å².